The molecule has 98 valence electrons. The first-order valence-corrected chi connectivity index (χ1v) is 5.98. The van der Waals surface area contributed by atoms with E-state index in [9.17, 15) is 14.7 Å². The maximum Gasteiger partial charge on any atom is 0.225 e. The largest absolute Gasteiger partial charge is 0.388 e. The molecule has 1 rings (SSSR count). The van der Waals surface area contributed by atoms with Gasteiger partial charge in [0.15, 0.2) is 0 Å². The molecule has 0 spiro atoms. The smallest absolute Gasteiger partial charge is 0.225 e. The third kappa shape index (κ3) is 3.43. The lowest BCUT2D eigenvalue weighted by Crippen LogP contribution is -2.46. The molecule has 1 saturated heterocycles. The highest BCUT2D eigenvalue weighted by atomic mass is 16.3. The van der Waals surface area contributed by atoms with E-state index in [4.69, 9.17) is 0 Å². The zero-order chi connectivity index (χ0) is 13.2. The summed E-state index contributed by atoms with van der Waals surface area (Å²) in [4.78, 5) is 24.7. The van der Waals surface area contributed by atoms with E-state index in [0.717, 1.165) is 0 Å². The first kappa shape index (κ1) is 14.0. The Hall–Kier alpha value is -1.10. The van der Waals surface area contributed by atoms with Crippen LogP contribution >= 0.6 is 0 Å². The Balaban J connectivity index is 2.44. The van der Waals surface area contributed by atoms with Gasteiger partial charge in [-0.2, -0.15) is 0 Å². The number of carbonyl (C=O) groups excluding carboxylic acids is 2. The second kappa shape index (κ2) is 5.04. The van der Waals surface area contributed by atoms with E-state index in [2.05, 4.69) is 5.32 Å². The molecule has 2 amide bonds. The quantitative estimate of drug-likeness (QED) is 0.728. The highest BCUT2D eigenvalue weighted by molar-refractivity contribution is 5.89. The summed E-state index contributed by atoms with van der Waals surface area (Å²) >= 11 is 0. The van der Waals surface area contributed by atoms with Crippen LogP contribution in [0.25, 0.3) is 0 Å². The van der Waals surface area contributed by atoms with Crippen molar-refractivity contribution < 1.29 is 14.7 Å². The number of hydrogen-bond donors (Lipinski definition) is 2. The molecule has 5 nitrogen and oxygen atoms in total. The van der Waals surface area contributed by atoms with Crippen LogP contribution < -0.4 is 5.32 Å². The van der Waals surface area contributed by atoms with Gasteiger partial charge in [-0.25, -0.2) is 0 Å². The van der Waals surface area contributed by atoms with Crippen LogP contribution in [0.1, 0.15) is 27.2 Å². The molecular weight excluding hydrogens is 220 g/mol. The van der Waals surface area contributed by atoms with Crippen molar-refractivity contribution in [1.29, 1.82) is 0 Å². The first-order chi connectivity index (χ1) is 7.74. The average Bonchev–Trinajstić information content (AvgIpc) is 2.56. The number of amides is 2. The highest BCUT2D eigenvalue weighted by Gasteiger charge is 2.33. The molecule has 1 aliphatic heterocycles. The van der Waals surface area contributed by atoms with Crippen LogP contribution in [0.15, 0.2) is 0 Å². The Bertz CT molecular complexity index is 313. The number of nitrogens with zero attached hydrogens (tertiary/aromatic N) is 1. The van der Waals surface area contributed by atoms with Gasteiger partial charge in [-0.15, -0.1) is 0 Å². The first-order valence-electron chi connectivity index (χ1n) is 5.98. The van der Waals surface area contributed by atoms with Crippen LogP contribution in [0, 0.1) is 11.8 Å². The Morgan fingerprint density at radius 1 is 1.65 bits per heavy atom. The van der Waals surface area contributed by atoms with Gasteiger partial charge >= 0.3 is 0 Å². The van der Waals surface area contributed by atoms with Crippen LogP contribution in [-0.2, 0) is 9.59 Å². The van der Waals surface area contributed by atoms with Gasteiger partial charge in [-0.05, 0) is 12.8 Å². The molecule has 0 saturated carbocycles. The fourth-order valence-electron chi connectivity index (χ4n) is 1.65. The van der Waals surface area contributed by atoms with Crippen molar-refractivity contribution in [3.63, 3.8) is 0 Å². The number of rotatable bonds is 4. The summed E-state index contributed by atoms with van der Waals surface area (Å²) in [6.07, 6.45) is 0.270. The molecule has 2 N–H and O–H groups in total. The van der Waals surface area contributed by atoms with E-state index < -0.39 is 5.60 Å². The van der Waals surface area contributed by atoms with Crippen molar-refractivity contribution in [2.75, 3.05) is 20.1 Å². The monoisotopic (exact) mass is 242 g/mol. The summed E-state index contributed by atoms with van der Waals surface area (Å²) in [5.41, 5.74) is -0.913. The van der Waals surface area contributed by atoms with Gasteiger partial charge in [-0.1, -0.05) is 13.8 Å². The lowest BCUT2D eigenvalue weighted by atomic mass is 9.92. The molecule has 1 aliphatic rings. The van der Waals surface area contributed by atoms with Crippen molar-refractivity contribution in [2.24, 2.45) is 11.8 Å². The van der Waals surface area contributed by atoms with Crippen molar-refractivity contribution in [1.82, 2.24) is 10.2 Å². The van der Waals surface area contributed by atoms with Gasteiger partial charge in [0.05, 0.1) is 11.5 Å². The fourth-order valence-corrected chi connectivity index (χ4v) is 1.65. The molecule has 0 aliphatic carbocycles. The van der Waals surface area contributed by atoms with Gasteiger partial charge < -0.3 is 15.3 Å². The molecule has 5 heteroatoms. The SMILES string of the molecule is CC(C)C(C)(O)CNC(=O)C1CC(=O)N(C)C1. The summed E-state index contributed by atoms with van der Waals surface area (Å²) in [5.74, 6) is -0.365. The Morgan fingerprint density at radius 2 is 2.24 bits per heavy atom. The number of hydrogen-bond acceptors (Lipinski definition) is 3. The lowest BCUT2D eigenvalue weighted by Gasteiger charge is -2.28. The van der Waals surface area contributed by atoms with E-state index >= 15 is 0 Å². The lowest BCUT2D eigenvalue weighted by molar-refractivity contribution is -0.128. The maximum absolute atomic E-state index is 11.8. The van der Waals surface area contributed by atoms with Crippen LogP contribution in [0.4, 0.5) is 0 Å². The number of carbonyl (C=O) groups is 2. The minimum atomic E-state index is -0.913. The predicted molar refractivity (Wildman–Crippen MR) is 64.2 cm³/mol. The van der Waals surface area contributed by atoms with E-state index in [-0.39, 0.29) is 36.6 Å². The second-order valence-electron chi connectivity index (χ2n) is 5.40. The topological polar surface area (TPSA) is 69.6 Å². The minimum absolute atomic E-state index is 0.000713. The van der Waals surface area contributed by atoms with Crippen LogP contribution in [0.5, 0.6) is 0 Å². The molecule has 1 fully saturated rings. The van der Waals surface area contributed by atoms with Crippen LogP contribution in [0.3, 0.4) is 0 Å². The fraction of sp³-hybridized carbons (Fsp3) is 0.833. The zero-order valence-corrected chi connectivity index (χ0v) is 11.0. The predicted octanol–water partition coefficient (Wildman–Crippen LogP) is -0.0121. The number of likely N-dealkylation sites (tertiary alicyclic amines) is 1. The van der Waals surface area contributed by atoms with Gasteiger partial charge in [-0.3, -0.25) is 9.59 Å². The molecule has 0 bridgehead atoms. The highest BCUT2D eigenvalue weighted by Crippen LogP contribution is 2.18. The van der Waals surface area contributed by atoms with Gasteiger partial charge in [0.1, 0.15) is 0 Å². The standard InChI is InChI=1S/C12H22N2O3/c1-8(2)12(3,17)7-13-11(16)9-5-10(15)14(4)6-9/h8-9,17H,5-7H2,1-4H3,(H,13,16). The molecule has 2 atom stereocenters. The molecule has 0 aromatic carbocycles. The Labute approximate surface area is 102 Å². The van der Waals surface area contributed by atoms with Crippen molar-refractivity contribution >= 4 is 11.8 Å². The van der Waals surface area contributed by atoms with Crippen LogP contribution in [-0.4, -0.2) is 47.6 Å². The van der Waals surface area contributed by atoms with E-state index in [1.807, 2.05) is 13.8 Å². The maximum atomic E-state index is 11.8. The van der Waals surface area contributed by atoms with Crippen molar-refractivity contribution in [3.05, 3.63) is 0 Å². The second-order valence-corrected chi connectivity index (χ2v) is 5.40. The minimum Gasteiger partial charge on any atom is -0.388 e. The Kier molecular flexibility index (Phi) is 4.14. The molecule has 0 aromatic rings. The molecule has 0 radical (unpaired) electrons. The van der Waals surface area contributed by atoms with Crippen molar-refractivity contribution in [2.45, 2.75) is 32.8 Å². The van der Waals surface area contributed by atoms with Crippen LogP contribution in [0.2, 0.25) is 0 Å². The zero-order valence-electron chi connectivity index (χ0n) is 11.0. The summed E-state index contributed by atoms with van der Waals surface area (Å²) < 4.78 is 0. The molecular formula is C12H22N2O3. The number of nitrogens with one attached hydrogen (secondary N) is 1. The molecule has 17 heavy (non-hydrogen) atoms. The normalized spacial score (nSPS) is 24.0. The van der Waals surface area contributed by atoms with Gasteiger partial charge in [0.2, 0.25) is 11.8 Å². The Morgan fingerprint density at radius 3 is 2.65 bits per heavy atom. The summed E-state index contributed by atoms with van der Waals surface area (Å²) in [6, 6.07) is 0. The van der Waals surface area contributed by atoms with Gasteiger partial charge in [0.25, 0.3) is 0 Å². The summed E-state index contributed by atoms with van der Waals surface area (Å²) in [5, 5.41) is 12.7. The van der Waals surface area contributed by atoms with E-state index in [1.54, 1.807) is 18.9 Å². The average molecular weight is 242 g/mol. The van der Waals surface area contributed by atoms with Crippen molar-refractivity contribution in [3.8, 4) is 0 Å². The molecule has 2 unspecified atom stereocenters. The third-order valence-electron chi connectivity index (χ3n) is 3.58. The molecule has 0 aromatic heterocycles. The number of aliphatic hydroxyl groups is 1. The van der Waals surface area contributed by atoms with E-state index in [1.165, 1.54) is 0 Å². The van der Waals surface area contributed by atoms with E-state index in [0.29, 0.717) is 6.54 Å². The summed E-state index contributed by atoms with van der Waals surface area (Å²) in [6.45, 7) is 6.19. The van der Waals surface area contributed by atoms with Gasteiger partial charge in [0, 0.05) is 26.6 Å². The summed E-state index contributed by atoms with van der Waals surface area (Å²) in [7, 11) is 1.69. The molecule has 1 heterocycles. The third-order valence-corrected chi connectivity index (χ3v) is 3.58.